The lowest BCUT2D eigenvalue weighted by molar-refractivity contribution is 0.102. The van der Waals surface area contributed by atoms with Gasteiger partial charge in [-0.05, 0) is 55.3 Å². The highest BCUT2D eigenvalue weighted by Crippen LogP contribution is 2.30. The number of halogens is 2. The molecule has 0 radical (unpaired) electrons. The Balaban J connectivity index is 1.46. The summed E-state index contributed by atoms with van der Waals surface area (Å²) >= 11 is 12.1. The highest BCUT2D eigenvalue weighted by molar-refractivity contribution is 7.89. The Labute approximate surface area is 208 Å². The van der Waals surface area contributed by atoms with Crippen LogP contribution in [-0.2, 0) is 10.0 Å². The Morgan fingerprint density at radius 1 is 1.09 bits per heavy atom. The number of nitrogens with zero attached hydrogens (tertiary/aromatic N) is 3. The molecule has 4 rings (SSSR count). The van der Waals surface area contributed by atoms with Crippen molar-refractivity contribution in [2.75, 3.05) is 11.9 Å². The van der Waals surface area contributed by atoms with Gasteiger partial charge in [-0.25, -0.2) is 8.42 Å². The number of nitrogens with one attached hydrogen (secondary N) is 1. The lowest BCUT2D eigenvalue weighted by Crippen LogP contribution is -2.41. The van der Waals surface area contributed by atoms with Crippen molar-refractivity contribution < 1.29 is 17.6 Å². The number of benzene rings is 2. The van der Waals surface area contributed by atoms with Crippen molar-refractivity contribution in [3.8, 4) is 11.5 Å². The van der Waals surface area contributed by atoms with Gasteiger partial charge in [-0.15, -0.1) is 5.10 Å². The van der Waals surface area contributed by atoms with E-state index in [-0.39, 0.29) is 28.4 Å². The Kier molecular flexibility index (Phi) is 7.57. The molecule has 0 saturated heterocycles. The van der Waals surface area contributed by atoms with Gasteiger partial charge in [-0.1, -0.05) is 54.5 Å². The number of sulfonamides is 1. The Hall–Kier alpha value is -2.46. The maximum atomic E-state index is 13.2. The van der Waals surface area contributed by atoms with Crippen LogP contribution in [0.25, 0.3) is 11.5 Å². The number of aromatic nitrogens is 2. The van der Waals surface area contributed by atoms with Crippen molar-refractivity contribution >= 4 is 45.1 Å². The van der Waals surface area contributed by atoms with Gasteiger partial charge in [0.1, 0.15) is 0 Å². The number of carbonyl (C=O) groups excluding carboxylic acids is 1. The van der Waals surface area contributed by atoms with E-state index in [1.807, 2.05) is 6.92 Å². The number of rotatable bonds is 7. The van der Waals surface area contributed by atoms with Crippen LogP contribution in [0.2, 0.25) is 10.0 Å². The van der Waals surface area contributed by atoms with Gasteiger partial charge >= 0.3 is 6.01 Å². The summed E-state index contributed by atoms with van der Waals surface area (Å²) in [6.07, 6.45) is 4.98. The maximum Gasteiger partial charge on any atom is 0.322 e. The highest BCUT2D eigenvalue weighted by atomic mass is 35.5. The third-order valence-corrected chi connectivity index (χ3v) is 8.41. The lowest BCUT2D eigenvalue weighted by atomic mass is 9.95. The first-order valence-corrected chi connectivity index (χ1v) is 13.2. The van der Waals surface area contributed by atoms with Crippen LogP contribution in [0.4, 0.5) is 6.01 Å². The number of anilines is 1. The topological polar surface area (TPSA) is 105 Å². The highest BCUT2D eigenvalue weighted by Gasteiger charge is 2.31. The van der Waals surface area contributed by atoms with Crippen LogP contribution >= 0.6 is 23.2 Å². The van der Waals surface area contributed by atoms with E-state index in [0.717, 1.165) is 32.1 Å². The predicted molar refractivity (Wildman–Crippen MR) is 131 cm³/mol. The zero-order chi connectivity index (χ0) is 24.3. The second-order valence-electron chi connectivity index (χ2n) is 8.02. The van der Waals surface area contributed by atoms with E-state index in [9.17, 15) is 13.2 Å². The molecule has 1 aliphatic rings. The van der Waals surface area contributed by atoms with E-state index < -0.39 is 15.9 Å². The molecule has 3 aromatic rings. The van der Waals surface area contributed by atoms with Gasteiger partial charge in [0, 0.05) is 23.2 Å². The van der Waals surface area contributed by atoms with Crippen molar-refractivity contribution in [2.24, 2.45) is 0 Å². The summed E-state index contributed by atoms with van der Waals surface area (Å²) in [5.41, 5.74) is 0.732. The molecule has 1 saturated carbocycles. The lowest BCUT2D eigenvalue weighted by Gasteiger charge is -2.32. The fraction of sp³-hybridized carbons (Fsp3) is 0.348. The van der Waals surface area contributed by atoms with Crippen LogP contribution < -0.4 is 5.32 Å². The van der Waals surface area contributed by atoms with Crippen LogP contribution in [0.5, 0.6) is 0 Å². The number of hydrogen-bond acceptors (Lipinski definition) is 6. The van der Waals surface area contributed by atoms with Crippen molar-refractivity contribution in [2.45, 2.75) is 50.0 Å². The van der Waals surface area contributed by atoms with E-state index in [4.69, 9.17) is 27.6 Å². The van der Waals surface area contributed by atoms with Crippen LogP contribution in [0.3, 0.4) is 0 Å². The van der Waals surface area contributed by atoms with E-state index in [1.54, 1.807) is 22.5 Å². The average Bonchev–Trinajstić information content (AvgIpc) is 3.28. The molecule has 0 spiro atoms. The standard InChI is InChI=1S/C23H24Cl2N4O4S/c1-2-29(17-6-4-3-5-7-17)34(31,32)18-11-8-15(9-12-18)21(30)26-23-28-27-22(33-23)19-13-10-16(24)14-20(19)25/h8-14,17H,2-7H2,1H3,(H,26,28,30). The summed E-state index contributed by atoms with van der Waals surface area (Å²) in [6, 6.07) is 10.5. The van der Waals surface area contributed by atoms with Crippen LogP contribution in [0, 0.1) is 0 Å². The first-order valence-electron chi connectivity index (χ1n) is 11.0. The minimum Gasteiger partial charge on any atom is -0.403 e. The minimum atomic E-state index is -3.65. The number of carbonyl (C=O) groups is 1. The predicted octanol–water partition coefficient (Wildman–Crippen LogP) is 5.64. The molecule has 1 amide bonds. The maximum absolute atomic E-state index is 13.2. The molecule has 0 unspecified atom stereocenters. The summed E-state index contributed by atoms with van der Waals surface area (Å²) in [6.45, 7) is 2.26. The van der Waals surface area contributed by atoms with Crippen molar-refractivity contribution in [1.29, 1.82) is 0 Å². The average molecular weight is 523 g/mol. The molecule has 0 aliphatic heterocycles. The Morgan fingerprint density at radius 3 is 2.44 bits per heavy atom. The molecule has 1 aliphatic carbocycles. The first-order chi connectivity index (χ1) is 16.3. The van der Waals surface area contributed by atoms with Gasteiger partial charge in [0.05, 0.1) is 15.5 Å². The van der Waals surface area contributed by atoms with Crippen molar-refractivity contribution in [1.82, 2.24) is 14.5 Å². The van der Waals surface area contributed by atoms with E-state index in [2.05, 4.69) is 15.5 Å². The van der Waals surface area contributed by atoms with Gasteiger partial charge in [-0.2, -0.15) is 4.31 Å². The molecule has 1 N–H and O–H groups in total. The smallest absolute Gasteiger partial charge is 0.322 e. The molecular formula is C23H24Cl2N4O4S. The quantitative estimate of drug-likeness (QED) is 0.430. The number of amides is 1. The molecule has 1 fully saturated rings. The van der Waals surface area contributed by atoms with Gasteiger partial charge in [0.15, 0.2) is 0 Å². The summed E-state index contributed by atoms with van der Waals surface area (Å²) in [5.74, 6) is -0.387. The summed E-state index contributed by atoms with van der Waals surface area (Å²) in [5, 5.41) is 11.0. The molecule has 8 nitrogen and oxygen atoms in total. The third kappa shape index (κ3) is 5.27. The van der Waals surface area contributed by atoms with Gasteiger partial charge < -0.3 is 4.42 Å². The second-order valence-corrected chi connectivity index (χ2v) is 10.7. The fourth-order valence-corrected chi connectivity index (χ4v) is 6.31. The number of hydrogen-bond donors (Lipinski definition) is 1. The monoisotopic (exact) mass is 522 g/mol. The van der Waals surface area contributed by atoms with Crippen LogP contribution in [-0.4, -0.2) is 41.4 Å². The second kappa shape index (κ2) is 10.4. The van der Waals surface area contributed by atoms with Crippen molar-refractivity contribution in [3.05, 3.63) is 58.1 Å². The molecule has 0 atom stereocenters. The van der Waals surface area contributed by atoms with Gasteiger partial charge in [0.2, 0.25) is 10.0 Å². The third-order valence-electron chi connectivity index (χ3n) is 5.82. The fourth-order valence-electron chi connectivity index (χ4n) is 4.12. The van der Waals surface area contributed by atoms with E-state index in [0.29, 0.717) is 22.2 Å². The van der Waals surface area contributed by atoms with Crippen molar-refractivity contribution in [3.63, 3.8) is 0 Å². The zero-order valence-corrected chi connectivity index (χ0v) is 20.8. The first kappa shape index (κ1) is 24.7. The summed E-state index contributed by atoms with van der Waals surface area (Å²) in [4.78, 5) is 12.8. The van der Waals surface area contributed by atoms with E-state index in [1.165, 1.54) is 24.3 Å². The minimum absolute atomic E-state index is 0.0209. The zero-order valence-electron chi connectivity index (χ0n) is 18.5. The molecule has 34 heavy (non-hydrogen) atoms. The molecule has 1 heterocycles. The molecule has 0 bridgehead atoms. The molecule has 1 aromatic heterocycles. The summed E-state index contributed by atoms with van der Waals surface area (Å²) < 4.78 is 33.4. The largest absolute Gasteiger partial charge is 0.403 e. The van der Waals surface area contributed by atoms with E-state index >= 15 is 0 Å². The Bertz CT molecular complexity index is 1270. The van der Waals surface area contributed by atoms with Crippen LogP contribution in [0.15, 0.2) is 51.8 Å². The normalized spacial score (nSPS) is 14.9. The van der Waals surface area contributed by atoms with Crippen LogP contribution in [0.1, 0.15) is 49.4 Å². The molecule has 180 valence electrons. The SMILES string of the molecule is CCN(C1CCCCC1)S(=O)(=O)c1ccc(C(=O)Nc2nnc(-c3ccc(Cl)cc3Cl)o2)cc1. The van der Waals surface area contributed by atoms with Gasteiger partial charge in [-0.3, -0.25) is 10.1 Å². The molecule has 11 heteroatoms. The Morgan fingerprint density at radius 2 is 1.79 bits per heavy atom. The molecular weight excluding hydrogens is 499 g/mol. The molecule has 2 aromatic carbocycles. The van der Waals surface area contributed by atoms with Gasteiger partial charge in [0.25, 0.3) is 11.8 Å². The summed E-state index contributed by atoms with van der Waals surface area (Å²) in [7, 11) is -3.65.